The molecule has 1 aliphatic carbocycles. The van der Waals surface area contributed by atoms with Gasteiger partial charge in [-0.15, -0.1) is 21.5 Å². The van der Waals surface area contributed by atoms with Gasteiger partial charge in [0.15, 0.2) is 10.8 Å². The van der Waals surface area contributed by atoms with Crippen LogP contribution in [0.2, 0.25) is 0 Å². The molecule has 0 fully saturated rings. The molecule has 3 heterocycles. The number of thiophene rings is 1. The molecule has 160 valence electrons. The fraction of sp³-hybridized carbons (Fsp3) is 0.364. The zero-order valence-electron chi connectivity index (χ0n) is 17.6. The number of carbonyl (C=O) groups is 1. The Bertz CT molecular complexity index is 1300. The molecule has 31 heavy (non-hydrogen) atoms. The number of aromatic nitrogens is 4. The zero-order chi connectivity index (χ0) is 21.5. The lowest BCUT2D eigenvalue weighted by Gasteiger charge is -2.17. The monoisotopic (exact) mass is 453 g/mol. The topological polar surface area (TPSA) is 81.4 Å². The number of anilines is 1. The van der Waals surface area contributed by atoms with Gasteiger partial charge in [0.25, 0.3) is 0 Å². The van der Waals surface area contributed by atoms with Crippen molar-refractivity contribution in [1.82, 2.24) is 19.6 Å². The molecule has 0 aliphatic heterocycles. The number of amides is 1. The second kappa shape index (κ2) is 8.12. The molecule has 1 unspecified atom stereocenters. The molecule has 9 heteroatoms. The summed E-state index contributed by atoms with van der Waals surface area (Å²) in [6.07, 6.45) is 5.14. The standard InChI is InChI=1S/C22H23N5O2S2/c1-12-5-7-16(29-3)15(8-12)24-18(28)10-30-22-26-25-20-19-14-6-4-13(2)9-17(14)31-21(19)23-11-27(20)22/h5,7-8,11,13H,4,6,9-10H2,1-3H3,(H,24,28). The fourth-order valence-corrected chi connectivity index (χ4v) is 6.10. The minimum Gasteiger partial charge on any atom is -0.495 e. The van der Waals surface area contributed by atoms with Crippen molar-refractivity contribution in [2.45, 2.75) is 38.3 Å². The summed E-state index contributed by atoms with van der Waals surface area (Å²) in [5, 5.41) is 13.5. The highest BCUT2D eigenvalue weighted by Gasteiger charge is 2.24. The van der Waals surface area contributed by atoms with E-state index in [2.05, 4.69) is 27.4 Å². The molecule has 4 aromatic rings. The second-order valence-electron chi connectivity index (χ2n) is 7.99. The van der Waals surface area contributed by atoms with Crippen LogP contribution in [0.1, 0.15) is 29.3 Å². The number of nitrogens with zero attached hydrogens (tertiary/aromatic N) is 4. The normalized spacial score (nSPS) is 15.9. The predicted octanol–water partition coefficient (Wildman–Crippen LogP) is 4.51. The summed E-state index contributed by atoms with van der Waals surface area (Å²) in [5.41, 5.74) is 3.93. The number of nitrogens with one attached hydrogen (secondary N) is 1. The average Bonchev–Trinajstić information content (AvgIpc) is 3.32. The molecule has 0 bridgehead atoms. The Morgan fingerprint density at radius 1 is 1.39 bits per heavy atom. The summed E-state index contributed by atoms with van der Waals surface area (Å²) in [4.78, 5) is 19.7. The SMILES string of the molecule is COc1ccc(C)cc1NC(=O)CSc1nnc2c3c4c(sc3ncn12)CC(C)CC4. The fourth-order valence-electron chi connectivity index (χ4n) is 4.05. The van der Waals surface area contributed by atoms with Crippen LogP contribution in [-0.4, -0.2) is 38.4 Å². The van der Waals surface area contributed by atoms with E-state index in [0.29, 0.717) is 22.5 Å². The van der Waals surface area contributed by atoms with Gasteiger partial charge in [-0.25, -0.2) is 4.98 Å². The van der Waals surface area contributed by atoms with Crippen LogP contribution >= 0.6 is 23.1 Å². The number of hydrogen-bond acceptors (Lipinski definition) is 7. The van der Waals surface area contributed by atoms with Crippen molar-refractivity contribution in [2.75, 3.05) is 18.2 Å². The molecule has 3 aromatic heterocycles. The number of methoxy groups -OCH3 is 1. The minimum absolute atomic E-state index is 0.124. The van der Waals surface area contributed by atoms with E-state index in [-0.39, 0.29) is 11.7 Å². The largest absolute Gasteiger partial charge is 0.495 e. The quantitative estimate of drug-likeness (QED) is 0.448. The van der Waals surface area contributed by atoms with Crippen molar-refractivity contribution in [3.63, 3.8) is 0 Å². The third-order valence-corrected chi connectivity index (χ3v) is 7.74. The van der Waals surface area contributed by atoms with E-state index in [9.17, 15) is 4.79 Å². The molecule has 1 amide bonds. The lowest BCUT2D eigenvalue weighted by Crippen LogP contribution is -2.15. The minimum atomic E-state index is -0.124. The lowest BCUT2D eigenvalue weighted by molar-refractivity contribution is -0.113. The third kappa shape index (κ3) is 3.76. The highest BCUT2D eigenvalue weighted by molar-refractivity contribution is 7.99. The van der Waals surface area contributed by atoms with Crippen molar-refractivity contribution >= 4 is 50.6 Å². The van der Waals surface area contributed by atoms with Gasteiger partial charge in [-0.2, -0.15) is 0 Å². The van der Waals surface area contributed by atoms with E-state index >= 15 is 0 Å². The van der Waals surface area contributed by atoms with Gasteiger partial charge < -0.3 is 10.1 Å². The predicted molar refractivity (Wildman–Crippen MR) is 124 cm³/mol. The number of aryl methyl sites for hydroxylation is 2. The Hall–Kier alpha value is -2.65. The Kier molecular flexibility index (Phi) is 5.31. The van der Waals surface area contributed by atoms with E-state index in [1.807, 2.05) is 29.5 Å². The van der Waals surface area contributed by atoms with Gasteiger partial charge in [-0.05, 0) is 55.4 Å². The number of fused-ring (bicyclic) bond motifs is 5. The van der Waals surface area contributed by atoms with Gasteiger partial charge in [-0.3, -0.25) is 9.20 Å². The number of rotatable bonds is 5. The van der Waals surface area contributed by atoms with Crippen molar-refractivity contribution in [1.29, 1.82) is 0 Å². The molecule has 0 radical (unpaired) electrons. The van der Waals surface area contributed by atoms with Gasteiger partial charge in [0.05, 0.1) is 23.9 Å². The van der Waals surface area contributed by atoms with E-state index < -0.39 is 0 Å². The van der Waals surface area contributed by atoms with Gasteiger partial charge in [0, 0.05) is 4.88 Å². The van der Waals surface area contributed by atoms with E-state index in [1.54, 1.807) is 24.8 Å². The number of carbonyl (C=O) groups excluding carboxylic acids is 1. The first-order chi connectivity index (χ1) is 15.0. The van der Waals surface area contributed by atoms with Crippen LogP contribution in [0.3, 0.4) is 0 Å². The number of hydrogen-bond donors (Lipinski definition) is 1. The molecule has 1 aliphatic rings. The van der Waals surface area contributed by atoms with Crippen LogP contribution in [0, 0.1) is 12.8 Å². The van der Waals surface area contributed by atoms with Crippen LogP contribution in [0.15, 0.2) is 29.7 Å². The van der Waals surface area contributed by atoms with Crippen LogP contribution in [0.4, 0.5) is 5.69 Å². The summed E-state index contributed by atoms with van der Waals surface area (Å²) in [6.45, 7) is 4.28. The van der Waals surface area contributed by atoms with Crippen LogP contribution < -0.4 is 10.1 Å². The average molecular weight is 454 g/mol. The smallest absolute Gasteiger partial charge is 0.234 e. The summed E-state index contributed by atoms with van der Waals surface area (Å²) in [6, 6.07) is 5.70. The summed E-state index contributed by atoms with van der Waals surface area (Å²) in [7, 11) is 1.59. The second-order valence-corrected chi connectivity index (χ2v) is 10.0. The van der Waals surface area contributed by atoms with Gasteiger partial charge in [-0.1, -0.05) is 24.8 Å². The highest BCUT2D eigenvalue weighted by atomic mass is 32.2. The van der Waals surface area contributed by atoms with Crippen LogP contribution in [0.5, 0.6) is 5.75 Å². The summed E-state index contributed by atoms with van der Waals surface area (Å²) in [5.74, 6) is 1.45. The number of ether oxygens (including phenoxy) is 1. The van der Waals surface area contributed by atoms with E-state index in [4.69, 9.17) is 4.74 Å². The Morgan fingerprint density at radius 2 is 2.26 bits per heavy atom. The Labute approximate surface area is 188 Å². The van der Waals surface area contributed by atoms with Gasteiger partial charge >= 0.3 is 0 Å². The van der Waals surface area contributed by atoms with E-state index in [1.165, 1.54) is 28.6 Å². The molecule has 1 atom stereocenters. The molecule has 5 rings (SSSR count). The maximum atomic E-state index is 12.6. The van der Waals surface area contributed by atoms with Gasteiger partial charge in [0.2, 0.25) is 5.91 Å². The van der Waals surface area contributed by atoms with Gasteiger partial charge in [0.1, 0.15) is 16.9 Å². The molecule has 0 saturated carbocycles. The molecule has 7 nitrogen and oxygen atoms in total. The maximum absolute atomic E-state index is 12.6. The maximum Gasteiger partial charge on any atom is 0.234 e. The first-order valence-corrected chi connectivity index (χ1v) is 12.0. The lowest BCUT2D eigenvalue weighted by atomic mass is 9.89. The molecule has 1 N–H and O–H groups in total. The van der Waals surface area contributed by atoms with E-state index in [0.717, 1.165) is 34.3 Å². The number of benzene rings is 1. The summed E-state index contributed by atoms with van der Waals surface area (Å²) >= 11 is 3.13. The van der Waals surface area contributed by atoms with Crippen LogP contribution in [0.25, 0.3) is 15.9 Å². The van der Waals surface area contributed by atoms with Crippen molar-refractivity contribution in [3.8, 4) is 5.75 Å². The Balaban J connectivity index is 1.37. The molecular formula is C22H23N5O2S2. The Morgan fingerprint density at radius 3 is 3.10 bits per heavy atom. The zero-order valence-corrected chi connectivity index (χ0v) is 19.3. The number of thioether (sulfide) groups is 1. The molecule has 0 saturated heterocycles. The summed E-state index contributed by atoms with van der Waals surface area (Å²) < 4.78 is 7.24. The van der Waals surface area contributed by atoms with Crippen molar-refractivity contribution in [2.24, 2.45) is 5.92 Å². The highest BCUT2D eigenvalue weighted by Crippen LogP contribution is 2.39. The first-order valence-electron chi connectivity index (χ1n) is 10.2. The third-order valence-electron chi connectivity index (χ3n) is 5.63. The molecule has 0 spiro atoms. The molecular weight excluding hydrogens is 430 g/mol. The molecule has 1 aromatic carbocycles. The van der Waals surface area contributed by atoms with Crippen molar-refractivity contribution in [3.05, 3.63) is 40.5 Å². The first kappa shape index (κ1) is 20.3. The van der Waals surface area contributed by atoms with Crippen LogP contribution in [-0.2, 0) is 17.6 Å². The van der Waals surface area contributed by atoms with Crippen molar-refractivity contribution < 1.29 is 9.53 Å².